The maximum atomic E-state index is 11.2. The Bertz CT molecular complexity index is 513. The van der Waals surface area contributed by atoms with Crippen LogP contribution in [-0.2, 0) is 14.3 Å². The minimum Gasteiger partial charge on any atom is -0.455 e. The van der Waals surface area contributed by atoms with Gasteiger partial charge < -0.3 is 9.47 Å². The van der Waals surface area contributed by atoms with Gasteiger partial charge in [-0.05, 0) is 12.1 Å². The summed E-state index contributed by atoms with van der Waals surface area (Å²) in [6.07, 6.45) is 1.18. The first-order valence-corrected chi connectivity index (χ1v) is 7.73. The second-order valence-corrected chi connectivity index (χ2v) is 7.11. The van der Waals surface area contributed by atoms with Crippen LogP contribution < -0.4 is 0 Å². The smallest absolute Gasteiger partial charge is 0.310 e. The molecule has 3 aliphatic rings. The van der Waals surface area contributed by atoms with Crippen LogP contribution in [0.1, 0.15) is 12.8 Å². The largest absolute Gasteiger partial charge is 0.455 e. The minimum atomic E-state index is -0.389. The lowest BCUT2D eigenvalue weighted by Gasteiger charge is -2.45. The maximum Gasteiger partial charge on any atom is 0.310 e. The zero-order valence-electron chi connectivity index (χ0n) is 10.1. The fourth-order valence-electron chi connectivity index (χ4n) is 3.28. The first-order valence-electron chi connectivity index (χ1n) is 6.41. The van der Waals surface area contributed by atoms with E-state index in [0.29, 0.717) is 6.42 Å². The number of benzene rings is 1. The van der Waals surface area contributed by atoms with Gasteiger partial charge in [0.2, 0.25) is 0 Å². The normalized spacial score (nSPS) is 43.3. The monoisotopic (exact) mass is 296 g/mol. The third kappa shape index (κ3) is 1.73. The topological polar surface area (TPSA) is 35.5 Å². The van der Waals surface area contributed by atoms with Crippen LogP contribution in [0.25, 0.3) is 0 Å². The highest BCUT2D eigenvalue weighted by Gasteiger charge is 2.68. The number of alkyl halides is 1. The van der Waals surface area contributed by atoms with Gasteiger partial charge in [-0.1, -0.05) is 18.2 Å². The predicted molar refractivity (Wildman–Crippen MR) is 72.4 cm³/mol. The highest BCUT2D eigenvalue weighted by atomic mass is 35.5. The summed E-state index contributed by atoms with van der Waals surface area (Å²) in [6, 6.07) is 10.2. The molecule has 3 nitrogen and oxygen atoms in total. The lowest BCUT2D eigenvalue weighted by molar-refractivity contribution is -0.200. The molecule has 100 valence electrons. The number of carbonyl (C=O) groups excluding carboxylic acids is 1. The summed E-state index contributed by atoms with van der Waals surface area (Å²) in [7, 11) is 0. The quantitative estimate of drug-likeness (QED) is 0.621. The van der Waals surface area contributed by atoms with Crippen LogP contribution in [-0.4, -0.2) is 34.4 Å². The van der Waals surface area contributed by atoms with Gasteiger partial charge in [-0.15, -0.1) is 23.4 Å². The lowest BCUT2D eigenvalue weighted by atomic mass is 9.78. The highest BCUT2D eigenvalue weighted by Crippen LogP contribution is 2.55. The number of ether oxygens (including phenoxy) is 2. The van der Waals surface area contributed by atoms with Gasteiger partial charge in [0.25, 0.3) is 0 Å². The summed E-state index contributed by atoms with van der Waals surface area (Å²) in [6.45, 7) is 0. The number of hydrogen-bond donors (Lipinski definition) is 0. The molecule has 4 rings (SSSR count). The van der Waals surface area contributed by atoms with Crippen LogP contribution in [0, 0.1) is 0 Å². The third-order valence-electron chi connectivity index (χ3n) is 4.13. The molecule has 0 saturated carbocycles. The van der Waals surface area contributed by atoms with Crippen LogP contribution in [0.4, 0.5) is 0 Å². The summed E-state index contributed by atoms with van der Waals surface area (Å²) >= 11 is 8.21. The van der Waals surface area contributed by atoms with E-state index in [0.717, 1.165) is 6.42 Å². The van der Waals surface area contributed by atoms with Gasteiger partial charge in [0, 0.05) is 11.3 Å². The van der Waals surface area contributed by atoms with E-state index in [9.17, 15) is 4.79 Å². The number of thioether (sulfide) groups is 1. The van der Waals surface area contributed by atoms with E-state index in [1.807, 2.05) is 18.2 Å². The number of carbonyl (C=O) groups is 1. The van der Waals surface area contributed by atoms with Gasteiger partial charge in [0.1, 0.15) is 6.10 Å². The minimum absolute atomic E-state index is 0.0138. The summed E-state index contributed by atoms with van der Waals surface area (Å²) in [5.74, 6) is -0.120. The van der Waals surface area contributed by atoms with Crippen molar-refractivity contribution in [1.82, 2.24) is 0 Å². The van der Waals surface area contributed by atoms with E-state index >= 15 is 0 Å². The Morgan fingerprint density at radius 2 is 2.05 bits per heavy atom. The van der Waals surface area contributed by atoms with E-state index in [4.69, 9.17) is 21.1 Å². The second-order valence-electron chi connectivity index (χ2n) is 5.35. The third-order valence-corrected chi connectivity index (χ3v) is 6.19. The van der Waals surface area contributed by atoms with Gasteiger partial charge in [-0.2, -0.15) is 0 Å². The Labute approximate surface area is 120 Å². The van der Waals surface area contributed by atoms with Crippen molar-refractivity contribution in [3.63, 3.8) is 0 Å². The van der Waals surface area contributed by atoms with Crippen molar-refractivity contribution < 1.29 is 14.3 Å². The molecule has 2 bridgehead atoms. The molecule has 3 aliphatic heterocycles. The van der Waals surface area contributed by atoms with Gasteiger partial charge in [-0.3, -0.25) is 4.79 Å². The van der Waals surface area contributed by atoms with E-state index in [2.05, 4.69) is 12.1 Å². The summed E-state index contributed by atoms with van der Waals surface area (Å²) < 4.78 is 11.3. The van der Waals surface area contributed by atoms with E-state index in [1.165, 1.54) is 4.90 Å². The average Bonchev–Trinajstić information content (AvgIpc) is 2.88. The van der Waals surface area contributed by atoms with Crippen LogP contribution in [0.5, 0.6) is 0 Å². The molecule has 0 unspecified atom stereocenters. The highest BCUT2D eigenvalue weighted by molar-refractivity contribution is 8.00. The standard InChI is InChI=1S/C14H13ClO3S/c15-11-9-6-14(7-10(16)18-14)13(17-9)12(11)19-8-4-2-1-3-5-8/h1-5,9,11-13H,6-7H2/t9-,11+,12-,13-,14+/m0/s1. The Hall–Kier alpha value is -0.710. The molecule has 0 amide bonds. The lowest BCUT2D eigenvalue weighted by Crippen LogP contribution is -2.59. The first kappa shape index (κ1) is 12.1. The van der Waals surface area contributed by atoms with Crippen LogP contribution in [0.15, 0.2) is 35.2 Å². The Kier molecular flexibility index (Phi) is 2.63. The van der Waals surface area contributed by atoms with Crippen LogP contribution in [0.3, 0.4) is 0 Å². The van der Waals surface area contributed by atoms with Crippen molar-refractivity contribution in [3.05, 3.63) is 30.3 Å². The molecule has 1 aromatic rings. The maximum absolute atomic E-state index is 11.2. The number of fused-ring (bicyclic) bond motifs is 3. The molecule has 0 aromatic heterocycles. The molecule has 3 fully saturated rings. The Morgan fingerprint density at radius 1 is 1.32 bits per heavy atom. The molecule has 1 aromatic carbocycles. The van der Waals surface area contributed by atoms with Crippen LogP contribution >= 0.6 is 23.4 Å². The molecular formula is C14H13ClO3S. The first-order chi connectivity index (χ1) is 9.18. The fraction of sp³-hybridized carbons (Fsp3) is 0.500. The molecule has 1 spiro atoms. The van der Waals surface area contributed by atoms with Crippen molar-refractivity contribution in [3.8, 4) is 0 Å². The van der Waals surface area contributed by atoms with Crippen molar-refractivity contribution in [1.29, 1.82) is 0 Å². The Morgan fingerprint density at radius 3 is 2.68 bits per heavy atom. The molecule has 0 N–H and O–H groups in total. The molecule has 5 heteroatoms. The summed E-state index contributed by atoms with van der Waals surface area (Å²) in [5, 5.41) is 0.135. The Balaban J connectivity index is 1.57. The molecule has 19 heavy (non-hydrogen) atoms. The van der Waals surface area contributed by atoms with E-state index < -0.39 is 0 Å². The molecular weight excluding hydrogens is 284 g/mol. The van der Waals surface area contributed by atoms with Crippen molar-refractivity contribution in [2.75, 3.05) is 0 Å². The predicted octanol–water partition coefficient (Wildman–Crippen LogP) is 2.61. The molecule has 3 heterocycles. The number of esters is 1. The van der Waals surface area contributed by atoms with Gasteiger partial charge in [0.05, 0.1) is 23.2 Å². The zero-order chi connectivity index (χ0) is 13.0. The average molecular weight is 297 g/mol. The van der Waals surface area contributed by atoms with Crippen molar-refractivity contribution >= 4 is 29.3 Å². The van der Waals surface area contributed by atoms with E-state index in [1.54, 1.807) is 11.8 Å². The molecule has 0 aliphatic carbocycles. The fourth-order valence-corrected chi connectivity index (χ4v) is 5.08. The summed E-state index contributed by atoms with van der Waals surface area (Å²) in [5.41, 5.74) is -0.389. The molecule has 5 atom stereocenters. The second kappa shape index (κ2) is 4.14. The van der Waals surface area contributed by atoms with Crippen molar-refractivity contribution in [2.24, 2.45) is 0 Å². The van der Waals surface area contributed by atoms with Gasteiger partial charge in [-0.25, -0.2) is 0 Å². The van der Waals surface area contributed by atoms with Crippen molar-refractivity contribution in [2.45, 2.75) is 46.2 Å². The summed E-state index contributed by atoms with van der Waals surface area (Å²) in [4.78, 5) is 12.3. The SMILES string of the molecule is O=C1C[C@@]2(C[C@@H]3O[C@H]2[C@@H](Sc2ccccc2)[C@@H]3Cl)O1. The number of rotatable bonds is 2. The molecule has 3 saturated heterocycles. The van der Waals surface area contributed by atoms with Gasteiger partial charge >= 0.3 is 5.97 Å². The van der Waals surface area contributed by atoms with Crippen LogP contribution in [0.2, 0.25) is 0 Å². The van der Waals surface area contributed by atoms with E-state index in [-0.39, 0.29) is 34.4 Å². The zero-order valence-corrected chi connectivity index (χ0v) is 11.7. The number of halogens is 1. The van der Waals surface area contributed by atoms with Gasteiger partial charge in [0.15, 0.2) is 5.60 Å². The number of hydrogen-bond acceptors (Lipinski definition) is 4. The molecule has 0 radical (unpaired) electrons.